The van der Waals surface area contributed by atoms with E-state index >= 15 is 0 Å². The van der Waals surface area contributed by atoms with Crippen LogP contribution in [-0.2, 0) is 70.1 Å². The van der Waals surface area contributed by atoms with E-state index in [4.69, 9.17) is 32.9 Å². The monoisotopic (exact) mass is 740 g/mol. The number of aliphatic hydroxyl groups excluding tert-OH is 2. The van der Waals surface area contributed by atoms with E-state index in [0.717, 1.165) is 40.0 Å². The zero-order valence-electron chi connectivity index (χ0n) is 25.3. The minimum absolute atomic E-state index is 0.702. The second-order valence-electron chi connectivity index (χ2n) is 10.1. The summed E-state index contributed by atoms with van der Waals surface area (Å²) in [7, 11) is -11.5. The predicted molar refractivity (Wildman–Crippen MR) is 147 cm³/mol. The molecule has 48 heavy (non-hydrogen) atoms. The average molecular weight is 740 g/mol. The van der Waals surface area contributed by atoms with Gasteiger partial charge in [-0.3, -0.25) is 42.6 Å². The summed E-state index contributed by atoms with van der Waals surface area (Å²) < 4.78 is 71.0. The molecule has 11 atom stereocenters. The summed E-state index contributed by atoms with van der Waals surface area (Å²) in [6, 6.07) is 0.910. The number of aliphatic hydroxyl groups is 2. The maximum Gasteiger partial charge on any atom is 0.483 e. The summed E-state index contributed by atoms with van der Waals surface area (Å²) in [5, 5.41) is 20.6. The van der Waals surface area contributed by atoms with Crippen molar-refractivity contribution < 1.29 is 90.1 Å². The number of carbonyl (C=O) groups excluding carboxylic acids is 4. The smallest absolute Gasteiger partial charge is 0.463 e. The molecule has 0 radical (unpaired) electrons. The number of ether oxygens (including phenoxy) is 6. The molecule has 3 heterocycles. The highest BCUT2D eigenvalue weighted by Gasteiger charge is 2.55. The molecule has 2 aliphatic rings. The lowest BCUT2D eigenvalue weighted by Gasteiger charge is -2.43. The Balaban J connectivity index is 1.79. The van der Waals surface area contributed by atoms with Gasteiger partial charge in [-0.05, 0) is 0 Å². The topological polar surface area (TPSA) is 321 Å². The number of carbonyl (C=O) groups is 4. The lowest BCUT2D eigenvalue weighted by atomic mass is 10.1. The maximum atomic E-state index is 12.9. The van der Waals surface area contributed by atoms with Crippen LogP contribution in [0, 0.1) is 0 Å². The molecule has 0 aromatic carbocycles. The van der Waals surface area contributed by atoms with Crippen LogP contribution in [0.25, 0.3) is 0 Å². The maximum absolute atomic E-state index is 12.9. The van der Waals surface area contributed by atoms with Crippen molar-refractivity contribution in [2.24, 2.45) is 0 Å². The molecule has 1 aromatic rings. The Morgan fingerprint density at radius 2 is 1.40 bits per heavy atom. The Morgan fingerprint density at radius 1 is 0.812 bits per heavy atom. The van der Waals surface area contributed by atoms with E-state index < -0.39 is 119 Å². The molecular formula is C23H32N2O21P2. The fourth-order valence-corrected chi connectivity index (χ4v) is 6.62. The van der Waals surface area contributed by atoms with Gasteiger partial charge in [-0.15, -0.1) is 0 Å². The number of H-pyrrole nitrogens is 1. The molecule has 1 aromatic heterocycles. The van der Waals surface area contributed by atoms with Crippen LogP contribution in [0.1, 0.15) is 33.9 Å². The summed E-state index contributed by atoms with van der Waals surface area (Å²) >= 11 is 0. The van der Waals surface area contributed by atoms with E-state index in [1.165, 1.54) is 0 Å². The number of aromatic nitrogens is 2. The molecule has 0 amide bonds. The Bertz CT molecular complexity index is 1580. The van der Waals surface area contributed by atoms with Gasteiger partial charge in [-0.25, -0.2) is 13.9 Å². The van der Waals surface area contributed by atoms with Crippen LogP contribution in [-0.4, -0.2) is 116 Å². The van der Waals surface area contributed by atoms with Gasteiger partial charge in [0.15, 0.2) is 24.5 Å². The molecule has 23 nitrogen and oxygen atoms in total. The number of rotatable bonds is 13. The summed E-state index contributed by atoms with van der Waals surface area (Å²) in [6.07, 6.45) is -15.4. The zero-order chi connectivity index (χ0) is 36.1. The zero-order valence-corrected chi connectivity index (χ0v) is 27.1. The molecule has 270 valence electrons. The number of esters is 4. The van der Waals surface area contributed by atoms with Crippen LogP contribution in [0.3, 0.4) is 0 Å². The molecule has 2 saturated heterocycles. The van der Waals surface area contributed by atoms with Crippen LogP contribution in [0.5, 0.6) is 0 Å². The molecule has 3 rings (SSSR count). The van der Waals surface area contributed by atoms with E-state index in [1.54, 1.807) is 0 Å². The van der Waals surface area contributed by atoms with Gasteiger partial charge >= 0.3 is 45.2 Å². The van der Waals surface area contributed by atoms with Gasteiger partial charge in [0.25, 0.3) is 5.56 Å². The number of phosphoric acid groups is 2. The second kappa shape index (κ2) is 15.9. The van der Waals surface area contributed by atoms with Gasteiger partial charge in [0, 0.05) is 40.0 Å². The largest absolute Gasteiger partial charge is 0.483 e. The number of phosphoric ester groups is 2. The van der Waals surface area contributed by atoms with E-state index in [1.807, 2.05) is 4.98 Å². The Kier molecular flexibility index (Phi) is 13.0. The van der Waals surface area contributed by atoms with Crippen molar-refractivity contribution in [3.8, 4) is 0 Å². The number of nitrogens with zero attached hydrogens (tertiary/aromatic N) is 1. The highest BCUT2D eigenvalue weighted by Crippen LogP contribution is 2.61. The molecular weight excluding hydrogens is 708 g/mol. The molecule has 0 aliphatic carbocycles. The third-order valence-electron chi connectivity index (χ3n) is 6.26. The first-order valence-corrected chi connectivity index (χ1v) is 16.5. The molecule has 0 spiro atoms. The quantitative estimate of drug-likeness (QED) is 0.0603. The number of hydrogen-bond acceptors (Lipinski definition) is 19. The minimum atomic E-state index is -5.84. The van der Waals surface area contributed by atoms with Gasteiger partial charge in [0.2, 0.25) is 6.29 Å². The van der Waals surface area contributed by atoms with Gasteiger partial charge in [-0.1, -0.05) is 0 Å². The highest BCUT2D eigenvalue weighted by atomic mass is 31.3. The van der Waals surface area contributed by atoms with E-state index in [-0.39, 0.29) is 0 Å². The van der Waals surface area contributed by atoms with Crippen molar-refractivity contribution in [2.75, 3.05) is 13.2 Å². The van der Waals surface area contributed by atoms with Crippen LogP contribution in [0.4, 0.5) is 0 Å². The minimum Gasteiger partial charge on any atom is -0.463 e. The first kappa shape index (κ1) is 39.1. The number of nitrogens with one attached hydrogen (secondary N) is 1. The lowest BCUT2D eigenvalue weighted by Crippen LogP contribution is -2.62. The third-order valence-corrected chi connectivity index (χ3v) is 8.86. The van der Waals surface area contributed by atoms with Crippen molar-refractivity contribution in [1.82, 2.24) is 9.55 Å². The molecule has 0 saturated carbocycles. The fourth-order valence-electron chi connectivity index (χ4n) is 4.47. The average Bonchev–Trinajstić information content (AvgIpc) is 3.21. The summed E-state index contributed by atoms with van der Waals surface area (Å²) in [5.74, 6) is -3.96. The van der Waals surface area contributed by atoms with Gasteiger partial charge < -0.3 is 48.4 Å². The number of aromatic amines is 1. The van der Waals surface area contributed by atoms with Crippen molar-refractivity contribution in [3.63, 3.8) is 0 Å². The van der Waals surface area contributed by atoms with Crippen molar-refractivity contribution in [2.45, 2.75) is 82.9 Å². The molecule has 2 aliphatic heterocycles. The Hall–Kier alpha value is -3.34. The fraction of sp³-hybridized carbons (Fsp3) is 0.652. The lowest BCUT2D eigenvalue weighted by molar-refractivity contribution is -0.291. The number of hydrogen-bond donors (Lipinski definition) is 5. The van der Waals surface area contributed by atoms with Crippen molar-refractivity contribution in [1.29, 1.82) is 0 Å². The van der Waals surface area contributed by atoms with Crippen LogP contribution < -0.4 is 11.2 Å². The summed E-state index contributed by atoms with van der Waals surface area (Å²) in [4.78, 5) is 92.9. The molecule has 5 N–H and O–H groups in total. The molecule has 0 bridgehead atoms. The molecule has 2 unspecified atom stereocenters. The standard InChI is InChI=1S/C23H32N2O21P2/c1-9(26)38-7-14-18(40-10(2)27)19(41-11(3)28)20(42-12(4)29)22(44-14)45-48(36,37)46-47(34,35)39-8-13-16(31)17(32)21(43-13)25-6-5-15(30)24-23(25)33/h5-6,13-14,16-22,31-32H,7-8H2,1-4H3,(H,34,35)(H,36,37)(H,24,30,33)/t13-,14-,16-,17-,18-,19+,20-,21-,22-/m1/s1/i7+1,14+1,18+1,19+1,20+1,22+1. The predicted octanol–water partition coefficient (Wildman–Crippen LogP) is -2.51. The van der Waals surface area contributed by atoms with Gasteiger partial charge in [0.1, 0.15) is 31.0 Å². The summed E-state index contributed by atoms with van der Waals surface area (Å²) in [6.45, 7) is 1.89. The summed E-state index contributed by atoms with van der Waals surface area (Å²) in [5.41, 5.74) is -1.81. The Morgan fingerprint density at radius 3 is 1.96 bits per heavy atom. The Labute approximate surface area is 268 Å². The second-order valence-corrected chi connectivity index (χ2v) is 13.0. The highest BCUT2D eigenvalue weighted by molar-refractivity contribution is 7.61. The van der Waals surface area contributed by atoms with Crippen LogP contribution in [0.15, 0.2) is 21.9 Å². The molecule has 2 fully saturated rings. The van der Waals surface area contributed by atoms with Gasteiger partial charge in [-0.2, -0.15) is 4.31 Å². The van der Waals surface area contributed by atoms with Gasteiger partial charge in [0.05, 0.1) is 6.61 Å². The molecule has 25 heteroatoms. The van der Waals surface area contributed by atoms with Crippen LogP contribution in [0.2, 0.25) is 0 Å². The first-order chi connectivity index (χ1) is 22.2. The van der Waals surface area contributed by atoms with Crippen molar-refractivity contribution in [3.05, 3.63) is 33.1 Å². The van der Waals surface area contributed by atoms with Crippen LogP contribution >= 0.6 is 15.6 Å². The SMILES string of the molecule is CC(=O)O[13CH2][13C@H]1O[13C@H](OP(=O)(O)OP(=O)(O)OC[C@H]2O[C@@H](n3ccc(=O)[nH]c3=O)[C@H](O)[C@@H]2O)[13C@H](OC(C)=O)[13C@@H](OC(C)=O)[13C@@H]1OC(C)=O. The van der Waals surface area contributed by atoms with E-state index in [0.29, 0.717) is 4.57 Å². The third kappa shape index (κ3) is 10.6. The normalized spacial score (nSPS) is 31.1. The van der Waals surface area contributed by atoms with E-state index in [9.17, 15) is 57.9 Å². The van der Waals surface area contributed by atoms with E-state index in [2.05, 4.69) is 8.83 Å². The van der Waals surface area contributed by atoms with Crippen molar-refractivity contribution >= 4 is 39.5 Å². The first-order valence-electron chi connectivity index (χ1n) is 13.5.